The van der Waals surface area contributed by atoms with Crippen LogP contribution in [0.25, 0.3) is 16.7 Å². The number of hydrogen-bond acceptors (Lipinski definition) is 5. The van der Waals surface area contributed by atoms with Crippen LogP contribution < -0.4 is 29.9 Å². The van der Waals surface area contributed by atoms with Crippen molar-refractivity contribution in [3.05, 3.63) is 94.9 Å². The number of hydrogen-bond donors (Lipinski definition) is 0. The normalized spacial score (nSPS) is 16.6. The van der Waals surface area contributed by atoms with E-state index in [-0.39, 0.29) is 56.1 Å². The Bertz CT molecular complexity index is 2270. The molecular formula is C41H43Cl4N3O4. The number of fused-ring (bicyclic) bond motifs is 4. The summed E-state index contributed by atoms with van der Waals surface area (Å²) in [5, 5.41) is 12.9. The molecule has 3 aromatic carbocycles. The monoisotopic (exact) mass is 781 g/mol. The predicted molar refractivity (Wildman–Crippen MR) is 212 cm³/mol. The van der Waals surface area contributed by atoms with Crippen molar-refractivity contribution >= 4 is 80.7 Å². The van der Waals surface area contributed by atoms with Gasteiger partial charge in [0.05, 0.1) is 37.3 Å². The van der Waals surface area contributed by atoms with Crippen LogP contribution in [0.5, 0.6) is 11.5 Å². The molecule has 3 aliphatic rings. The Balaban J connectivity index is 1.77. The molecular weight excluding hydrogens is 740 g/mol. The lowest BCUT2D eigenvalue weighted by Crippen LogP contribution is -2.49. The van der Waals surface area contributed by atoms with E-state index in [1.807, 2.05) is 0 Å². The molecule has 0 fully saturated rings. The maximum absolute atomic E-state index is 14.5. The minimum atomic E-state index is -1.20. The molecule has 0 saturated carbocycles. The Morgan fingerprint density at radius 2 is 1.52 bits per heavy atom. The highest BCUT2D eigenvalue weighted by atomic mass is 35.5. The fourth-order valence-electron chi connectivity index (χ4n) is 8.28. The van der Waals surface area contributed by atoms with Crippen LogP contribution in [0, 0.1) is 0 Å². The van der Waals surface area contributed by atoms with Crippen LogP contribution in [0.4, 0.5) is 5.69 Å². The predicted octanol–water partition coefficient (Wildman–Crippen LogP) is 7.98. The number of allylic oxidation sites excluding steroid dienone is 2. The second-order valence-electron chi connectivity index (χ2n) is 14.9. The van der Waals surface area contributed by atoms with Gasteiger partial charge < -0.3 is 24.4 Å². The molecule has 0 radical (unpaired) electrons. The summed E-state index contributed by atoms with van der Waals surface area (Å²) in [6.45, 7) is 18.9. The number of carboxylic acids is 1. The van der Waals surface area contributed by atoms with Gasteiger partial charge >= 0.3 is 0 Å². The number of nitrogens with zero attached hydrogens (tertiary/aromatic N) is 3. The standard InChI is InChI=1S/C41H43Cl4N3O4/c1-10-47-27-17-29-25(15-23(27)21(3)19-40(47,5)6)32(26-16-24-22(4)20-41(7,8)48(11-2)28(24)18-30(26)52-29)33-34(36(43)38(45)37(44)35(33)42)39(51)46(9)14-12-13-31(49)50/h15-20H,10-14H2,1-9H3. The molecule has 52 heavy (non-hydrogen) atoms. The van der Waals surface area contributed by atoms with E-state index >= 15 is 0 Å². The van der Waals surface area contributed by atoms with Gasteiger partial charge in [0.1, 0.15) is 18.0 Å². The molecule has 6 rings (SSSR count). The third-order valence-corrected chi connectivity index (χ3v) is 12.3. The number of carbonyl (C=O) groups excluding carboxylic acids is 2. The maximum atomic E-state index is 14.5. The van der Waals surface area contributed by atoms with Gasteiger partial charge in [-0.15, -0.1) is 0 Å². The summed E-state index contributed by atoms with van der Waals surface area (Å²) in [7, 11) is 1.59. The minimum Gasteiger partial charge on any atom is -0.550 e. The number of aliphatic carboxylic acids is 1. The molecule has 0 N–H and O–H groups in total. The molecule has 3 heterocycles. The van der Waals surface area contributed by atoms with E-state index in [0.29, 0.717) is 33.4 Å². The molecule has 0 atom stereocenters. The lowest BCUT2D eigenvalue weighted by atomic mass is 9.83. The van der Waals surface area contributed by atoms with Crippen LogP contribution >= 0.6 is 46.4 Å². The molecule has 274 valence electrons. The first-order valence-corrected chi connectivity index (χ1v) is 19.0. The summed E-state index contributed by atoms with van der Waals surface area (Å²) in [6.07, 6.45) is 4.50. The Hall–Kier alpha value is -3.49. The van der Waals surface area contributed by atoms with E-state index in [4.69, 9.17) is 51.1 Å². The Morgan fingerprint density at radius 3 is 2.15 bits per heavy atom. The average molecular weight is 784 g/mol. The summed E-state index contributed by atoms with van der Waals surface area (Å²) in [5.74, 6) is -0.496. The van der Waals surface area contributed by atoms with Gasteiger partial charge in [0.2, 0.25) is 5.36 Å². The Kier molecular flexibility index (Phi) is 10.1. The Labute approximate surface area is 325 Å². The smallest absolute Gasteiger partial charge is 0.255 e. The number of rotatable bonds is 8. The second-order valence-corrected chi connectivity index (χ2v) is 16.4. The number of likely N-dealkylation sites (N-methyl/N-ethyl adjacent to an activating group) is 2. The molecule has 0 bridgehead atoms. The van der Waals surface area contributed by atoms with Gasteiger partial charge in [-0.2, -0.15) is 0 Å². The third-order valence-electron chi connectivity index (χ3n) is 10.5. The van der Waals surface area contributed by atoms with Gasteiger partial charge in [-0.1, -0.05) is 52.5 Å². The number of benzene rings is 3. The van der Waals surface area contributed by atoms with Crippen molar-refractivity contribution < 1.29 is 19.4 Å². The largest absolute Gasteiger partial charge is 0.550 e. The van der Waals surface area contributed by atoms with Gasteiger partial charge in [0, 0.05) is 84.8 Å². The first kappa shape index (κ1) is 38.2. The van der Waals surface area contributed by atoms with Crippen molar-refractivity contribution in [3.63, 3.8) is 0 Å². The summed E-state index contributed by atoms with van der Waals surface area (Å²) in [6, 6.07) is 8.34. The summed E-state index contributed by atoms with van der Waals surface area (Å²) >= 11 is 27.7. The Morgan fingerprint density at radius 1 is 0.865 bits per heavy atom. The SMILES string of the molecule is CCN1c2cc3c(cc2C(C)=CC1(C)C)C(c1c(Cl)c(Cl)c(Cl)c(Cl)c1C(=O)N(C)CCCC(=O)[O-])=c1cc2c(cc1O3)=[N+](CC)C(C)(C)C=C2C. The highest BCUT2D eigenvalue weighted by Crippen LogP contribution is 2.50. The van der Waals surface area contributed by atoms with Crippen LogP contribution in [-0.2, 0) is 4.79 Å². The zero-order chi connectivity index (χ0) is 38.2. The van der Waals surface area contributed by atoms with E-state index in [1.165, 1.54) is 4.90 Å². The third kappa shape index (κ3) is 6.21. The lowest BCUT2D eigenvalue weighted by molar-refractivity contribution is -0.305. The quantitative estimate of drug-likeness (QED) is 0.103. The summed E-state index contributed by atoms with van der Waals surface area (Å²) in [4.78, 5) is 29.4. The van der Waals surface area contributed by atoms with E-state index in [9.17, 15) is 14.7 Å². The number of carboxylic acid groups (broad SMARTS) is 1. The molecule has 3 aliphatic heterocycles. The highest BCUT2D eigenvalue weighted by Gasteiger charge is 2.38. The van der Waals surface area contributed by atoms with Crippen LogP contribution in [0.15, 0.2) is 36.4 Å². The number of ether oxygens (including phenoxy) is 1. The van der Waals surface area contributed by atoms with E-state index in [0.717, 1.165) is 46.4 Å². The van der Waals surface area contributed by atoms with Gasteiger partial charge in [-0.25, -0.2) is 4.58 Å². The van der Waals surface area contributed by atoms with Crippen molar-refractivity contribution in [2.24, 2.45) is 0 Å². The maximum Gasteiger partial charge on any atom is 0.255 e. The van der Waals surface area contributed by atoms with Crippen molar-refractivity contribution in [1.82, 2.24) is 9.48 Å². The van der Waals surface area contributed by atoms with Crippen LogP contribution in [0.2, 0.25) is 20.1 Å². The highest BCUT2D eigenvalue weighted by molar-refractivity contribution is 6.53. The molecule has 0 saturated heterocycles. The molecule has 0 unspecified atom stereocenters. The first-order chi connectivity index (χ1) is 24.3. The molecule has 11 heteroatoms. The molecule has 0 spiro atoms. The minimum absolute atomic E-state index is 0.0162. The van der Waals surface area contributed by atoms with Crippen molar-refractivity contribution in [1.29, 1.82) is 0 Å². The fraction of sp³-hybridized carbons (Fsp3) is 0.390. The van der Waals surface area contributed by atoms with E-state index in [1.54, 1.807) is 7.05 Å². The molecule has 0 aliphatic carbocycles. The van der Waals surface area contributed by atoms with Crippen LogP contribution in [-0.4, -0.2) is 54.5 Å². The molecule has 1 amide bonds. The van der Waals surface area contributed by atoms with Crippen molar-refractivity contribution in [3.8, 4) is 11.5 Å². The van der Waals surface area contributed by atoms with Gasteiger partial charge in [0.15, 0.2) is 5.54 Å². The van der Waals surface area contributed by atoms with Gasteiger partial charge in [0.25, 0.3) is 5.91 Å². The zero-order valence-corrected chi connectivity index (χ0v) is 34.0. The lowest BCUT2D eigenvalue weighted by Gasteiger charge is -2.43. The van der Waals surface area contributed by atoms with E-state index < -0.39 is 11.9 Å². The number of carbonyl (C=O) groups is 2. The first-order valence-electron chi connectivity index (χ1n) is 17.5. The molecule has 7 nitrogen and oxygen atoms in total. The summed E-state index contributed by atoms with van der Waals surface area (Å²) < 4.78 is 9.24. The van der Waals surface area contributed by atoms with Crippen molar-refractivity contribution in [2.45, 2.75) is 79.3 Å². The summed E-state index contributed by atoms with van der Waals surface area (Å²) in [5.41, 5.74) is 6.52. The number of halogens is 4. The zero-order valence-electron chi connectivity index (χ0n) is 31.0. The topological polar surface area (TPSA) is 75.9 Å². The number of anilines is 1. The fourth-order valence-corrected chi connectivity index (χ4v) is 9.30. The van der Waals surface area contributed by atoms with Crippen LogP contribution in [0.3, 0.4) is 0 Å². The van der Waals surface area contributed by atoms with Crippen LogP contribution in [0.1, 0.15) is 101 Å². The van der Waals surface area contributed by atoms with Gasteiger partial charge in [-0.05, 0) is 83.7 Å². The molecule has 0 aromatic heterocycles. The van der Waals surface area contributed by atoms with Crippen molar-refractivity contribution in [2.75, 3.05) is 31.6 Å². The average Bonchev–Trinajstić information content (AvgIpc) is 3.06. The second kappa shape index (κ2) is 13.7. The van der Waals surface area contributed by atoms with E-state index in [2.05, 4.69) is 101 Å². The number of amides is 1. The molecule has 3 aromatic rings. The van der Waals surface area contributed by atoms with Gasteiger partial charge in [-0.3, -0.25) is 4.79 Å².